The molecule has 2 aromatic heterocycles. The number of anilines is 1. The van der Waals surface area contributed by atoms with E-state index in [1.807, 2.05) is 0 Å². The lowest BCUT2D eigenvalue weighted by Crippen LogP contribution is -2.47. The maximum atomic E-state index is 14.0. The first-order valence-electron chi connectivity index (χ1n) is 12.1. The van der Waals surface area contributed by atoms with Crippen molar-refractivity contribution in [2.45, 2.75) is 50.4 Å². The molecule has 1 aromatic carbocycles. The molecule has 3 aromatic rings. The number of aromatic nitrogens is 4. The molecule has 39 heavy (non-hydrogen) atoms. The van der Waals surface area contributed by atoms with Gasteiger partial charge in [-0.2, -0.15) is 4.68 Å². The molecule has 0 aliphatic carbocycles. The quantitative estimate of drug-likeness (QED) is 0.222. The number of hydrogen-bond donors (Lipinski definition) is 0. The van der Waals surface area contributed by atoms with Crippen molar-refractivity contribution in [2.24, 2.45) is 7.05 Å². The Labute approximate surface area is 239 Å². The maximum Gasteiger partial charge on any atom is 0.437 e. The first kappa shape index (κ1) is 28.9. The number of benzene rings is 1. The normalized spacial score (nSPS) is 15.5. The number of halogens is 2. The van der Waals surface area contributed by atoms with Crippen LogP contribution in [0.4, 0.5) is 10.5 Å². The first-order chi connectivity index (χ1) is 18.4. The van der Waals surface area contributed by atoms with E-state index in [0.29, 0.717) is 29.4 Å². The Hall–Kier alpha value is -3.09. The second-order valence-corrected chi connectivity index (χ2v) is 11.4. The Morgan fingerprint density at radius 2 is 1.92 bits per heavy atom. The second kappa shape index (κ2) is 11.6. The summed E-state index contributed by atoms with van der Waals surface area (Å²) in [7, 11) is 1.47. The number of carbonyl (C=O) groups excluding carboxylic acids is 2. The lowest BCUT2D eigenvalue weighted by Gasteiger charge is -2.32. The molecule has 1 fully saturated rings. The average molecular weight is 596 g/mol. The number of amides is 2. The van der Waals surface area contributed by atoms with Crippen LogP contribution >= 0.6 is 35.0 Å². The summed E-state index contributed by atoms with van der Waals surface area (Å²) in [6.45, 7) is 6.01. The summed E-state index contributed by atoms with van der Waals surface area (Å²) in [6, 6.07) is 6.44. The van der Waals surface area contributed by atoms with Crippen LogP contribution in [-0.4, -0.2) is 67.6 Å². The number of thioether (sulfide) groups is 1. The van der Waals surface area contributed by atoms with Gasteiger partial charge >= 0.3 is 11.8 Å². The molecule has 0 radical (unpaired) electrons. The van der Waals surface area contributed by atoms with Crippen LogP contribution in [0.15, 0.2) is 38.6 Å². The van der Waals surface area contributed by atoms with Gasteiger partial charge in [0.2, 0.25) is 5.89 Å². The van der Waals surface area contributed by atoms with Gasteiger partial charge in [-0.3, -0.25) is 4.79 Å². The molecular formula is C25H28Cl2N6O5S. The number of rotatable bonds is 6. The van der Waals surface area contributed by atoms with E-state index in [1.165, 1.54) is 23.7 Å². The summed E-state index contributed by atoms with van der Waals surface area (Å²) in [6.07, 6.45) is 2.72. The Morgan fingerprint density at radius 3 is 2.51 bits per heavy atom. The highest BCUT2D eigenvalue weighted by Gasteiger charge is 2.36. The fourth-order valence-corrected chi connectivity index (χ4v) is 5.18. The molecule has 1 aliphatic heterocycles. The molecule has 4 rings (SSSR count). The lowest BCUT2D eigenvalue weighted by atomic mass is 10.1. The number of aryl methyl sites for hydroxylation is 1. The molecule has 1 atom stereocenters. The van der Waals surface area contributed by atoms with Crippen LogP contribution in [0.25, 0.3) is 11.5 Å². The van der Waals surface area contributed by atoms with Crippen LogP contribution in [0.3, 0.4) is 0 Å². The molecule has 1 aliphatic rings. The number of carbonyl (C=O) groups is 2. The zero-order valence-corrected chi connectivity index (χ0v) is 24.4. The van der Waals surface area contributed by atoms with Gasteiger partial charge in [-0.05, 0) is 58.1 Å². The van der Waals surface area contributed by atoms with E-state index in [4.69, 9.17) is 32.4 Å². The Bertz CT molecular complexity index is 1430. The standard InChI is InChI=1S/C25H28Cl2N6O5S/c1-25(2,3)38-24(36)32-11-7-10-16(32)13-33(21(34)17-18(26)28-22(39-5)29-19(17)27)15-9-6-8-14(12-15)20-30-31(4)23(35)37-20/h6,8-9,12,16H,7,10-11,13H2,1-5H3. The van der Waals surface area contributed by atoms with Gasteiger partial charge in [-0.15, -0.1) is 5.10 Å². The first-order valence-corrected chi connectivity index (χ1v) is 14.1. The number of hydrogen-bond acceptors (Lipinski definition) is 9. The van der Waals surface area contributed by atoms with Crippen molar-refractivity contribution in [1.29, 1.82) is 0 Å². The van der Waals surface area contributed by atoms with Gasteiger partial charge in [0, 0.05) is 31.4 Å². The summed E-state index contributed by atoms with van der Waals surface area (Å²) < 4.78 is 11.9. The summed E-state index contributed by atoms with van der Waals surface area (Å²) >= 11 is 14.1. The minimum Gasteiger partial charge on any atom is -0.444 e. The van der Waals surface area contributed by atoms with Crippen molar-refractivity contribution in [3.05, 3.63) is 50.7 Å². The summed E-state index contributed by atoms with van der Waals surface area (Å²) in [5.41, 5.74) is 0.193. The van der Waals surface area contributed by atoms with Crippen molar-refractivity contribution in [1.82, 2.24) is 24.6 Å². The van der Waals surface area contributed by atoms with Crippen molar-refractivity contribution >= 4 is 52.7 Å². The summed E-state index contributed by atoms with van der Waals surface area (Å²) in [5.74, 6) is -1.07. The van der Waals surface area contributed by atoms with Crippen LogP contribution in [0, 0.1) is 0 Å². The van der Waals surface area contributed by atoms with E-state index in [1.54, 1.807) is 56.2 Å². The summed E-state index contributed by atoms with van der Waals surface area (Å²) in [5, 5.41) is 4.26. The van der Waals surface area contributed by atoms with E-state index in [2.05, 4.69) is 15.1 Å². The lowest BCUT2D eigenvalue weighted by molar-refractivity contribution is 0.0230. The van der Waals surface area contributed by atoms with Crippen LogP contribution in [0.1, 0.15) is 44.0 Å². The van der Waals surface area contributed by atoms with E-state index in [0.717, 1.165) is 11.1 Å². The molecule has 11 nitrogen and oxygen atoms in total. The molecule has 208 valence electrons. The Morgan fingerprint density at radius 1 is 1.23 bits per heavy atom. The van der Waals surface area contributed by atoms with Crippen molar-refractivity contribution in [3.8, 4) is 11.5 Å². The number of ether oxygens (including phenoxy) is 1. The zero-order valence-electron chi connectivity index (χ0n) is 22.1. The van der Waals surface area contributed by atoms with E-state index >= 15 is 0 Å². The van der Waals surface area contributed by atoms with Gasteiger partial charge in [-0.25, -0.2) is 19.6 Å². The van der Waals surface area contributed by atoms with Crippen molar-refractivity contribution in [2.75, 3.05) is 24.2 Å². The van der Waals surface area contributed by atoms with E-state index in [-0.39, 0.29) is 34.3 Å². The van der Waals surface area contributed by atoms with Gasteiger partial charge in [0.05, 0.1) is 6.04 Å². The minimum atomic E-state index is -0.669. The highest BCUT2D eigenvalue weighted by atomic mass is 35.5. The molecule has 0 saturated carbocycles. The van der Waals surface area contributed by atoms with Gasteiger partial charge in [-0.1, -0.05) is 41.0 Å². The van der Waals surface area contributed by atoms with Crippen LogP contribution < -0.4 is 10.7 Å². The van der Waals surface area contributed by atoms with Gasteiger partial charge in [0.25, 0.3) is 5.91 Å². The van der Waals surface area contributed by atoms with Gasteiger partial charge in [0.1, 0.15) is 21.5 Å². The molecule has 14 heteroatoms. The highest BCUT2D eigenvalue weighted by Crippen LogP contribution is 2.31. The Balaban J connectivity index is 1.75. The highest BCUT2D eigenvalue weighted by molar-refractivity contribution is 7.98. The third-order valence-electron chi connectivity index (χ3n) is 5.93. The molecule has 2 amide bonds. The predicted molar refractivity (Wildman–Crippen MR) is 149 cm³/mol. The zero-order chi connectivity index (χ0) is 28.5. The predicted octanol–water partition coefficient (Wildman–Crippen LogP) is 4.91. The average Bonchev–Trinajstić information content (AvgIpc) is 3.47. The molecule has 3 heterocycles. The van der Waals surface area contributed by atoms with Crippen LogP contribution in [0.5, 0.6) is 0 Å². The smallest absolute Gasteiger partial charge is 0.437 e. The minimum absolute atomic E-state index is 0.0623. The molecule has 1 saturated heterocycles. The molecule has 0 N–H and O–H groups in total. The monoisotopic (exact) mass is 594 g/mol. The van der Waals surface area contributed by atoms with Gasteiger partial charge in [0.15, 0.2) is 5.16 Å². The van der Waals surface area contributed by atoms with Crippen molar-refractivity contribution in [3.63, 3.8) is 0 Å². The maximum absolute atomic E-state index is 14.0. The molecule has 0 spiro atoms. The van der Waals surface area contributed by atoms with Crippen LogP contribution in [-0.2, 0) is 11.8 Å². The third kappa shape index (κ3) is 6.56. The van der Waals surface area contributed by atoms with Crippen molar-refractivity contribution < 1.29 is 18.7 Å². The third-order valence-corrected chi connectivity index (χ3v) is 7.03. The van der Waals surface area contributed by atoms with E-state index < -0.39 is 23.4 Å². The molecular weight excluding hydrogens is 567 g/mol. The number of likely N-dealkylation sites (tertiary alicyclic amines) is 1. The topological polar surface area (TPSA) is 124 Å². The van der Waals surface area contributed by atoms with E-state index in [9.17, 15) is 14.4 Å². The largest absolute Gasteiger partial charge is 0.444 e. The fourth-order valence-electron chi connectivity index (χ4n) is 4.17. The molecule has 1 unspecified atom stereocenters. The second-order valence-electron chi connectivity index (χ2n) is 9.90. The number of nitrogens with zero attached hydrogens (tertiary/aromatic N) is 6. The molecule has 0 bridgehead atoms. The summed E-state index contributed by atoms with van der Waals surface area (Å²) in [4.78, 5) is 50.3. The Kier molecular flexibility index (Phi) is 8.57. The van der Waals surface area contributed by atoms with Gasteiger partial charge < -0.3 is 19.0 Å². The fraction of sp³-hybridized carbons (Fsp3) is 0.440. The van der Waals surface area contributed by atoms with Crippen LogP contribution in [0.2, 0.25) is 10.3 Å². The SMILES string of the molecule is CSc1nc(Cl)c(C(=O)N(CC2CCCN2C(=O)OC(C)(C)C)c2cccc(-c3nn(C)c(=O)o3)c2)c(Cl)n1.